The van der Waals surface area contributed by atoms with Gasteiger partial charge >= 0.3 is 6.18 Å². The molecule has 2 aromatic carbocycles. The van der Waals surface area contributed by atoms with Gasteiger partial charge in [0.25, 0.3) is 0 Å². The van der Waals surface area contributed by atoms with E-state index in [2.05, 4.69) is 36.1 Å². The van der Waals surface area contributed by atoms with Crippen molar-refractivity contribution in [3.8, 4) is 34.3 Å². The molecule has 0 bridgehead atoms. The maximum atomic E-state index is 13.1. The first-order valence-electron chi connectivity index (χ1n) is 8.11. The molecule has 5 rings (SSSR count). The molecular formula is C18H10BrF3N4O2. The molecule has 6 nitrogen and oxygen atoms in total. The van der Waals surface area contributed by atoms with Crippen molar-refractivity contribution in [2.24, 2.45) is 0 Å². The van der Waals surface area contributed by atoms with E-state index in [1.807, 2.05) is 12.1 Å². The number of nitrogens with zero attached hydrogens (tertiary/aromatic N) is 2. The number of fused-ring (bicyclic) bond motifs is 2. The first-order chi connectivity index (χ1) is 13.4. The van der Waals surface area contributed by atoms with Gasteiger partial charge in [-0.1, -0.05) is 15.9 Å². The van der Waals surface area contributed by atoms with Crippen molar-refractivity contribution < 1.29 is 22.6 Å². The second-order valence-electron chi connectivity index (χ2n) is 6.17. The van der Waals surface area contributed by atoms with Gasteiger partial charge in [0.15, 0.2) is 17.3 Å². The van der Waals surface area contributed by atoms with Crippen molar-refractivity contribution in [1.82, 2.24) is 20.2 Å². The number of nitrogens with one attached hydrogen (secondary N) is 2. The summed E-state index contributed by atoms with van der Waals surface area (Å²) in [4.78, 5) is 7.27. The predicted molar refractivity (Wildman–Crippen MR) is 97.9 cm³/mol. The van der Waals surface area contributed by atoms with E-state index < -0.39 is 11.7 Å². The molecule has 3 heterocycles. The summed E-state index contributed by atoms with van der Waals surface area (Å²) in [6.45, 7) is 0.180. The third-order valence-electron chi connectivity index (χ3n) is 4.38. The molecule has 2 N–H and O–H groups in total. The van der Waals surface area contributed by atoms with Crippen LogP contribution in [-0.2, 0) is 6.18 Å². The molecule has 4 aromatic rings. The first-order valence-corrected chi connectivity index (χ1v) is 8.90. The van der Waals surface area contributed by atoms with Crippen LogP contribution in [0.3, 0.4) is 0 Å². The molecule has 0 radical (unpaired) electrons. The smallest absolute Gasteiger partial charge is 0.417 e. The normalized spacial score (nSPS) is 13.4. The van der Waals surface area contributed by atoms with Crippen molar-refractivity contribution in [3.63, 3.8) is 0 Å². The van der Waals surface area contributed by atoms with Crippen molar-refractivity contribution in [3.05, 3.63) is 46.4 Å². The minimum atomic E-state index is -4.46. The lowest BCUT2D eigenvalue weighted by atomic mass is 10.1. The van der Waals surface area contributed by atoms with Gasteiger partial charge in [0, 0.05) is 10.0 Å². The molecule has 0 spiro atoms. The molecule has 0 fully saturated rings. The molecule has 10 heteroatoms. The van der Waals surface area contributed by atoms with Crippen LogP contribution in [0.5, 0.6) is 11.5 Å². The fraction of sp³-hybridized carbons (Fsp3) is 0.111. The molecule has 0 unspecified atom stereocenters. The number of H-pyrrole nitrogens is 2. The van der Waals surface area contributed by atoms with Crippen molar-refractivity contribution in [1.29, 1.82) is 0 Å². The van der Waals surface area contributed by atoms with E-state index >= 15 is 0 Å². The Morgan fingerprint density at radius 3 is 2.68 bits per heavy atom. The maximum absolute atomic E-state index is 13.1. The molecule has 1 aliphatic heterocycles. The average molecular weight is 451 g/mol. The molecule has 0 aliphatic carbocycles. The zero-order chi connectivity index (χ0) is 19.5. The zero-order valence-corrected chi connectivity index (χ0v) is 15.5. The van der Waals surface area contributed by atoms with Crippen LogP contribution >= 0.6 is 15.9 Å². The van der Waals surface area contributed by atoms with Crippen molar-refractivity contribution >= 4 is 27.0 Å². The summed E-state index contributed by atoms with van der Waals surface area (Å²) in [5.74, 6) is 1.69. The summed E-state index contributed by atoms with van der Waals surface area (Å²) in [6.07, 6.45) is -4.46. The zero-order valence-electron chi connectivity index (χ0n) is 13.9. The Kier molecular flexibility index (Phi) is 3.66. The second-order valence-corrected chi connectivity index (χ2v) is 7.02. The number of aromatic amines is 2. The summed E-state index contributed by atoms with van der Waals surface area (Å²) in [5.41, 5.74) is 1.93. The van der Waals surface area contributed by atoms with Gasteiger partial charge in [0.05, 0.1) is 22.3 Å². The van der Waals surface area contributed by atoms with E-state index in [1.165, 1.54) is 6.07 Å². The first kappa shape index (κ1) is 17.1. The van der Waals surface area contributed by atoms with Crippen LogP contribution in [0.25, 0.3) is 33.8 Å². The average Bonchev–Trinajstić information content (AvgIpc) is 3.37. The van der Waals surface area contributed by atoms with E-state index in [9.17, 15) is 13.2 Å². The Bertz CT molecular complexity index is 1220. The molecule has 142 valence electrons. The fourth-order valence-electron chi connectivity index (χ4n) is 3.02. The number of hydrogen-bond donors (Lipinski definition) is 2. The maximum Gasteiger partial charge on any atom is 0.417 e. The second kappa shape index (κ2) is 5.99. The highest BCUT2D eigenvalue weighted by atomic mass is 79.9. The molecule has 2 aromatic heterocycles. The summed E-state index contributed by atoms with van der Waals surface area (Å²) >= 11 is 2.96. The molecule has 0 amide bonds. The lowest BCUT2D eigenvalue weighted by Crippen LogP contribution is -2.05. The van der Waals surface area contributed by atoms with Gasteiger partial charge in [-0.15, -0.1) is 0 Å². The van der Waals surface area contributed by atoms with E-state index in [0.29, 0.717) is 34.2 Å². The quantitative estimate of drug-likeness (QED) is 0.443. The summed E-state index contributed by atoms with van der Waals surface area (Å²) in [5, 5.41) is 7.12. The third kappa shape index (κ3) is 2.80. The minimum Gasteiger partial charge on any atom is -0.454 e. The molecule has 0 saturated carbocycles. The van der Waals surface area contributed by atoms with Crippen LogP contribution in [0.2, 0.25) is 0 Å². The summed E-state index contributed by atoms with van der Waals surface area (Å²) < 4.78 is 49.9. The van der Waals surface area contributed by atoms with Gasteiger partial charge in [0.1, 0.15) is 5.69 Å². The number of aromatic nitrogens is 4. The van der Waals surface area contributed by atoms with Crippen LogP contribution in [0.4, 0.5) is 13.2 Å². The van der Waals surface area contributed by atoms with Crippen LogP contribution < -0.4 is 9.47 Å². The molecule has 0 atom stereocenters. The lowest BCUT2D eigenvalue weighted by molar-refractivity contribution is -0.138. The Hall–Kier alpha value is -3.01. The van der Waals surface area contributed by atoms with Crippen LogP contribution in [0.15, 0.2) is 40.9 Å². The Morgan fingerprint density at radius 1 is 1.04 bits per heavy atom. The lowest BCUT2D eigenvalue weighted by Gasteiger charge is -2.08. The van der Waals surface area contributed by atoms with E-state index in [4.69, 9.17) is 9.47 Å². The number of alkyl halides is 3. The van der Waals surface area contributed by atoms with Gasteiger partial charge in [0.2, 0.25) is 6.79 Å². The Morgan fingerprint density at radius 2 is 1.86 bits per heavy atom. The van der Waals surface area contributed by atoms with E-state index in [1.54, 1.807) is 12.1 Å². The monoisotopic (exact) mass is 450 g/mol. The molecular weight excluding hydrogens is 441 g/mol. The number of benzene rings is 2. The van der Waals surface area contributed by atoms with Gasteiger partial charge in [-0.05, 0) is 36.4 Å². The fourth-order valence-corrected chi connectivity index (χ4v) is 3.58. The standard InChI is InChI=1S/C18H10BrF3N4O2/c19-10-5-13-12(4-9(10)18(20,21)22)23-17(24-13)14-6-11(25-26-14)8-1-2-15-16(3-8)28-7-27-15/h1-6H,7H2,(H,23,24)(H,25,26). The highest BCUT2D eigenvalue weighted by Gasteiger charge is 2.33. The molecule has 1 aliphatic rings. The van der Waals surface area contributed by atoms with Crippen molar-refractivity contribution in [2.75, 3.05) is 6.79 Å². The largest absolute Gasteiger partial charge is 0.454 e. The van der Waals surface area contributed by atoms with Gasteiger partial charge in [-0.2, -0.15) is 18.3 Å². The highest BCUT2D eigenvalue weighted by molar-refractivity contribution is 9.10. The van der Waals surface area contributed by atoms with E-state index in [-0.39, 0.29) is 16.8 Å². The Balaban J connectivity index is 1.53. The number of ether oxygens (including phenoxy) is 2. The highest BCUT2D eigenvalue weighted by Crippen LogP contribution is 2.38. The van der Waals surface area contributed by atoms with Gasteiger partial charge in [-0.25, -0.2) is 4.98 Å². The van der Waals surface area contributed by atoms with Gasteiger partial charge in [-0.3, -0.25) is 5.10 Å². The van der Waals surface area contributed by atoms with Gasteiger partial charge < -0.3 is 14.5 Å². The molecule has 28 heavy (non-hydrogen) atoms. The molecule has 0 saturated heterocycles. The summed E-state index contributed by atoms with van der Waals surface area (Å²) in [7, 11) is 0. The number of halogens is 4. The third-order valence-corrected chi connectivity index (χ3v) is 5.03. The SMILES string of the molecule is FC(F)(F)c1cc2[nH]c(-c3cc(-c4ccc5c(c4)OCO5)n[nH]3)nc2cc1Br. The minimum absolute atomic E-state index is 0.0591. The Labute approximate surface area is 163 Å². The number of hydrogen-bond acceptors (Lipinski definition) is 4. The van der Waals surface area contributed by atoms with Crippen LogP contribution in [0, 0.1) is 0 Å². The van der Waals surface area contributed by atoms with Crippen LogP contribution in [-0.4, -0.2) is 27.0 Å². The van der Waals surface area contributed by atoms with Crippen LogP contribution in [0.1, 0.15) is 5.56 Å². The van der Waals surface area contributed by atoms with Crippen molar-refractivity contribution in [2.45, 2.75) is 6.18 Å². The number of rotatable bonds is 2. The van der Waals surface area contributed by atoms with E-state index in [0.717, 1.165) is 11.6 Å². The summed E-state index contributed by atoms with van der Waals surface area (Å²) in [6, 6.07) is 9.59. The predicted octanol–water partition coefficient (Wildman–Crippen LogP) is 5.13. The number of imidazole rings is 1. The topological polar surface area (TPSA) is 75.8 Å².